The quantitative estimate of drug-likeness (QED) is 0.800. The molecule has 2 aromatic rings. The Hall–Kier alpha value is -2.09. The van der Waals surface area contributed by atoms with Gasteiger partial charge in [0.15, 0.2) is 0 Å². The molecule has 0 radical (unpaired) electrons. The molecule has 0 spiro atoms. The minimum Gasteiger partial charge on any atom is -0.497 e. The third kappa shape index (κ3) is 4.17. The fourth-order valence-corrected chi connectivity index (χ4v) is 3.98. The van der Waals surface area contributed by atoms with Crippen LogP contribution in [-0.2, 0) is 10.0 Å². The van der Waals surface area contributed by atoms with Crippen LogP contribution >= 0.6 is 0 Å². The van der Waals surface area contributed by atoms with Crippen molar-refractivity contribution in [1.29, 1.82) is 0 Å². The Morgan fingerprint density at radius 3 is 2.35 bits per heavy atom. The fraction of sp³-hybridized carbons (Fsp3) is 0.368. The molecule has 26 heavy (non-hydrogen) atoms. The number of rotatable bonds is 7. The van der Waals surface area contributed by atoms with Crippen LogP contribution in [0.15, 0.2) is 41.3 Å². The van der Waals surface area contributed by atoms with Crippen LogP contribution in [0.4, 0.5) is 0 Å². The zero-order valence-corrected chi connectivity index (χ0v) is 16.5. The average Bonchev–Trinajstić information content (AvgIpc) is 2.63. The van der Waals surface area contributed by atoms with E-state index in [0.717, 1.165) is 15.4 Å². The van der Waals surface area contributed by atoms with Crippen molar-refractivity contribution in [2.45, 2.75) is 24.8 Å². The summed E-state index contributed by atoms with van der Waals surface area (Å²) in [6.07, 6.45) is -0.984. The normalized spacial score (nSPS) is 12.9. The molecule has 0 aliphatic carbocycles. The highest BCUT2D eigenvalue weighted by Crippen LogP contribution is 2.30. The van der Waals surface area contributed by atoms with E-state index in [2.05, 4.69) is 0 Å². The van der Waals surface area contributed by atoms with Crippen molar-refractivity contribution in [2.75, 3.05) is 27.8 Å². The third-order valence-electron chi connectivity index (χ3n) is 4.38. The molecule has 0 aliphatic heterocycles. The van der Waals surface area contributed by atoms with E-state index in [0.29, 0.717) is 11.3 Å². The third-order valence-corrected chi connectivity index (χ3v) is 6.22. The number of likely N-dealkylation sites (N-methyl/N-ethyl adjacent to an activating group) is 1. The van der Waals surface area contributed by atoms with Crippen LogP contribution in [0, 0.1) is 13.8 Å². The predicted octanol–water partition coefficient (Wildman–Crippen LogP) is 2.67. The highest BCUT2D eigenvalue weighted by Gasteiger charge is 2.27. The minimum absolute atomic E-state index is 0.0865. The van der Waals surface area contributed by atoms with Crippen LogP contribution in [0.25, 0.3) is 0 Å². The minimum atomic E-state index is -3.82. The number of aryl methyl sites for hydroxylation is 2. The summed E-state index contributed by atoms with van der Waals surface area (Å²) < 4.78 is 37.5. The maximum absolute atomic E-state index is 13.0. The van der Waals surface area contributed by atoms with Crippen LogP contribution in [0.1, 0.15) is 22.8 Å². The molecule has 0 saturated carbocycles. The van der Waals surface area contributed by atoms with Gasteiger partial charge in [0.1, 0.15) is 16.4 Å². The van der Waals surface area contributed by atoms with E-state index >= 15 is 0 Å². The van der Waals surface area contributed by atoms with Crippen molar-refractivity contribution in [3.8, 4) is 11.5 Å². The summed E-state index contributed by atoms with van der Waals surface area (Å²) in [6, 6.07) is 10.2. The van der Waals surface area contributed by atoms with Gasteiger partial charge in [0.05, 0.1) is 20.3 Å². The number of benzene rings is 2. The van der Waals surface area contributed by atoms with Crippen LogP contribution in [0.5, 0.6) is 11.5 Å². The number of nitrogens with zero attached hydrogens (tertiary/aromatic N) is 1. The van der Waals surface area contributed by atoms with Gasteiger partial charge in [-0.25, -0.2) is 8.42 Å². The van der Waals surface area contributed by atoms with Gasteiger partial charge in [0, 0.05) is 13.6 Å². The van der Waals surface area contributed by atoms with Crippen molar-refractivity contribution >= 4 is 10.0 Å². The molecular weight excluding hydrogens is 354 g/mol. The van der Waals surface area contributed by atoms with E-state index in [1.165, 1.54) is 21.3 Å². The van der Waals surface area contributed by atoms with Gasteiger partial charge in [-0.2, -0.15) is 4.31 Å². The highest BCUT2D eigenvalue weighted by atomic mass is 32.2. The predicted molar refractivity (Wildman–Crippen MR) is 100 cm³/mol. The highest BCUT2D eigenvalue weighted by molar-refractivity contribution is 7.89. The van der Waals surface area contributed by atoms with Gasteiger partial charge in [-0.05, 0) is 54.8 Å². The lowest BCUT2D eigenvalue weighted by molar-refractivity contribution is 0.154. The van der Waals surface area contributed by atoms with Gasteiger partial charge in [0.25, 0.3) is 0 Å². The Kier molecular flexibility index (Phi) is 6.28. The SMILES string of the molecule is COc1cccc(C(O)CN(C)S(=O)(=O)c2cc(C)c(C)cc2OC)c1. The average molecular weight is 379 g/mol. The number of sulfonamides is 1. The first-order valence-electron chi connectivity index (χ1n) is 8.14. The molecule has 6 nitrogen and oxygen atoms in total. The van der Waals surface area contributed by atoms with Crippen LogP contribution in [0.2, 0.25) is 0 Å². The first-order valence-corrected chi connectivity index (χ1v) is 9.58. The zero-order valence-electron chi connectivity index (χ0n) is 15.7. The van der Waals surface area contributed by atoms with Crippen molar-refractivity contribution in [1.82, 2.24) is 4.31 Å². The zero-order chi connectivity index (χ0) is 19.5. The lowest BCUT2D eigenvalue weighted by Gasteiger charge is -2.22. The van der Waals surface area contributed by atoms with Gasteiger partial charge in [-0.1, -0.05) is 12.1 Å². The number of aliphatic hydroxyl groups is 1. The second kappa shape index (κ2) is 8.07. The van der Waals surface area contributed by atoms with E-state index in [9.17, 15) is 13.5 Å². The first kappa shape index (κ1) is 20.2. The first-order chi connectivity index (χ1) is 12.2. The summed E-state index contributed by atoms with van der Waals surface area (Å²) in [7, 11) is 0.590. The molecule has 2 rings (SSSR count). The van der Waals surface area contributed by atoms with E-state index in [-0.39, 0.29) is 17.2 Å². The molecule has 2 aromatic carbocycles. The van der Waals surface area contributed by atoms with E-state index in [1.54, 1.807) is 36.4 Å². The molecule has 7 heteroatoms. The van der Waals surface area contributed by atoms with Crippen LogP contribution in [0.3, 0.4) is 0 Å². The Morgan fingerprint density at radius 2 is 1.73 bits per heavy atom. The summed E-state index contributed by atoms with van der Waals surface area (Å²) in [5.41, 5.74) is 2.38. The molecule has 0 amide bonds. The summed E-state index contributed by atoms with van der Waals surface area (Å²) in [4.78, 5) is 0.0865. The van der Waals surface area contributed by atoms with Crippen molar-refractivity contribution in [2.24, 2.45) is 0 Å². The molecule has 0 aliphatic rings. The second-order valence-corrected chi connectivity index (χ2v) is 8.18. The summed E-state index contributed by atoms with van der Waals surface area (Å²) in [5.74, 6) is 0.888. The van der Waals surface area contributed by atoms with Gasteiger partial charge in [-0.15, -0.1) is 0 Å². The van der Waals surface area contributed by atoms with Crippen LogP contribution < -0.4 is 9.47 Å². The Balaban J connectivity index is 2.30. The molecule has 1 unspecified atom stereocenters. The maximum atomic E-state index is 13.0. The molecule has 0 heterocycles. The Morgan fingerprint density at radius 1 is 1.08 bits per heavy atom. The molecular formula is C19H25NO5S. The molecule has 0 fully saturated rings. The summed E-state index contributed by atoms with van der Waals surface area (Å²) in [5, 5.41) is 10.5. The Bertz CT molecular complexity index is 879. The molecule has 0 aromatic heterocycles. The smallest absolute Gasteiger partial charge is 0.246 e. The molecule has 0 bridgehead atoms. The topological polar surface area (TPSA) is 76.1 Å². The number of ether oxygens (including phenoxy) is 2. The molecule has 1 N–H and O–H groups in total. The number of hydrogen-bond acceptors (Lipinski definition) is 5. The summed E-state index contributed by atoms with van der Waals surface area (Å²) in [6.45, 7) is 3.65. The Labute approximate surface area is 155 Å². The van der Waals surface area contributed by atoms with Crippen molar-refractivity contribution in [3.05, 3.63) is 53.1 Å². The van der Waals surface area contributed by atoms with E-state index in [4.69, 9.17) is 9.47 Å². The molecule has 0 saturated heterocycles. The summed E-state index contributed by atoms with van der Waals surface area (Å²) >= 11 is 0. The van der Waals surface area contributed by atoms with Crippen molar-refractivity contribution < 1.29 is 23.0 Å². The van der Waals surface area contributed by atoms with Gasteiger partial charge in [-0.3, -0.25) is 0 Å². The van der Waals surface area contributed by atoms with E-state index < -0.39 is 16.1 Å². The van der Waals surface area contributed by atoms with Gasteiger partial charge in [0.2, 0.25) is 10.0 Å². The number of aliphatic hydroxyl groups excluding tert-OH is 1. The number of methoxy groups -OCH3 is 2. The van der Waals surface area contributed by atoms with Crippen molar-refractivity contribution in [3.63, 3.8) is 0 Å². The second-order valence-electron chi connectivity index (χ2n) is 6.17. The monoisotopic (exact) mass is 379 g/mol. The van der Waals surface area contributed by atoms with Gasteiger partial charge < -0.3 is 14.6 Å². The lowest BCUT2D eigenvalue weighted by Crippen LogP contribution is -2.31. The van der Waals surface area contributed by atoms with Crippen LogP contribution in [-0.4, -0.2) is 45.6 Å². The maximum Gasteiger partial charge on any atom is 0.246 e. The lowest BCUT2D eigenvalue weighted by atomic mass is 10.1. The van der Waals surface area contributed by atoms with E-state index in [1.807, 2.05) is 13.8 Å². The fourth-order valence-electron chi connectivity index (χ4n) is 2.59. The molecule has 142 valence electrons. The van der Waals surface area contributed by atoms with Gasteiger partial charge >= 0.3 is 0 Å². The standard InChI is InChI=1S/C19H25NO5S/c1-13-9-18(25-5)19(10-14(13)2)26(22,23)20(3)12-17(21)15-7-6-8-16(11-15)24-4/h6-11,17,21H,12H2,1-5H3. The molecule has 1 atom stereocenters. The number of hydrogen-bond donors (Lipinski definition) is 1. The largest absolute Gasteiger partial charge is 0.497 e.